The van der Waals surface area contributed by atoms with Gasteiger partial charge < -0.3 is 29.0 Å². The molecular weight excluding hydrogens is 498 g/mol. The van der Waals surface area contributed by atoms with Gasteiger partial charge in [0.15, 0.2) is 0 Å². The molecule has 1 saturated heterocycles. The van der Waals surface area contributed by atoms with Crippen LogP contribution in [0.2, 0.25) is 0 Å². The number of carbonyl (C=O) groups is 4. The Hall–Kier alpha value is -2.90. The highest BCUT2D eigenvalue weighted by Crippen LogP contribution is 2.32. The summed E-state index contributed by atoms with van der Waals surface area (Å²) in [5.41, 5.74) is 0.944. The number of nitrogens with zero attached hydrogens (tertiary/aromatic N) is 1. The number of carbonyl (C=O) groups excluding carboxylic acids is 4. The highest BCUT2D eigenvalue weighted by molar-refractivity contribution is 6.25. The lowest BCUT2D eigenvalue weighted by molar-refractivity contribution is -0.136. The first-order valence-electron chi connectivity index (χ1n) is 13.0. The lowest BCUT2D eigenvalue weighted by Crippen LogP contribution is -2.54. The second-order valence-electron chi connectivity index (χ2n) is 8.66. The van der Waals surface area contributed by atoms with Crippen LogP contribution in [0.5, 0.6) is 0 Å². The normalized spacial score (nSPS) is 17.2. The van der Waals surface area contributed by atoms with Gasteiger partial charge in [-0.2, -0.15) is 0 Å². The van der Waals surface area contributed by atoms with E-state index in [1.165, 1.54) is 0 Å². The number of amides is 4. The highest BCUT2D eigenvalue weighted by atomic mass is 16.6. The number of ether oxygens (including phenoxy) is 5. The molecule has 0 radical (unpaired) electrons. The Morgan fingerprint density at radius 3 is 1.97 bits per heavy atom. The van der Waals surface area contributed by atoms with Crippen molar-refractivity contribution in [1.82, 2.24) is 10.2 Å². The molecule has 12 nitrogen and oxygen atoms in total. The lowest BCUT2D eigenvalue weighted by atomic mass is 10.0. The van der Waals surface area contributed by atoms with E-state index in [1.54, 1.807) is 18.2 Å². The van der Waals surface area contributed by atoms with Gasteiger partial charge in [0.25, 0.3) is 11.8 Å². The minimum atomic E-state index is -0.995. The molecule has 210 valence electrons. The fourth-order valence-electron chi connectivity index (χ4n) is 4.05. The number of hydrogen-bond donors (Lipinski definition) is 2. The van der Waals surface area contributed by atoms with Gasteiger partial charge in [0, 0.05) is 25.3 Å². The van der Waals surface area contributed by atoms with Gasteiger partial charge in [0.2, 0.25) is 11.8 Å². The molecule has 1 unspecified atom stereocenters. The number of anilines is 1. The van der Waals surface area contributed by atoms with E-state index in [1.807, 2.05) is 0 Å². The molecule has 0 aliphatic carbocycles. The molecular formula is C26H37N3O9. The largest absolute Gasteiger partial charge is 0.382 e. The van der Waals surface area contributed by atoms with Gasteiger partial charge in [-0.25, -0.2) is 0 Å². The van der Waals surface area contributed by atoms with Crippen LogP contribution in [-0.2, 0) is 33.3 Å². The van der Waals surface area contributed by atoms with Crippen molar-refractivity contribution in [3.05, 3.63) is 29.3 Å². The van der Waals surface area contributed by atoms with E-state index < -0.39 is 29.7 Å². The van der Waals surface area contributed by atoms with Crippen molar-refractivity contribution in [1.29, 1.82) is 0 Å². The van der Waals surface area contributed by atoms with E-state index >= 15 is 0 Å². The van der Waals surface area contributed by atoms with Crippen molar-refractivity contribution in [2.45, 2.75) is 32.2 Å². The van der Waals surface area contributed by atoms with E-state index in [0.717, 1.165) is 17.9 Å². The third-order valence-corrected chi connectivity index (χ3v) is 5.87. The topological polar surface area (TPSA) is 142 Å². The smallest absolute Gasteiger partial charge is 0.264 e. The summed E-state index contributed by atoms with van der Waals surface area (Å²) in [5, 5.41) is 5.32. The minimum absolute atomic E-state index is 0.0768. The van der Waals surface area contributed by atoms with Gasteiger partial charge in [0.1, 0.15) is 6.04 Å². The summed E-state index contributed by atoms with van der Waals surface area (Å²) in [6.07, 6.45) is 1.19. The molecule has 2 aliphatic rings. The van der Waals surface area contributed by atoms with Gasteiger partial charge in [0.05, 0.1) is 70.6 Å². The number of nitrogens with one attached hydrogen (secondary N) is 2. The zero-order chi connectivity index (χ0) is 27.2. The molecule has 1 aromatic carbocycles. The van der Waals surface area contributed by atoms with Crippen LogP contribution in [-0.4, -0.2) is 107 Å². The van der Waals surface area contributed by atoms with E-state index in [-0.39, 0.29) is 24.0 Å². The number of imide groups is 2. The average molecular weight is 536 g/mol. The SMILES string of the molecule is CCCOCCOCCOCCOCCOCCNc1cccc2c1C(=O)N(C1CCC(=O)NC1=O)C2=O. The molecule has 0 bridgehead atoms. The zero-order valence-electron chi connectivity index (χ0n) is 21.8. The first-order chi connectivity index (χ1) is 18.5. The maximum absolute atomic E-state index is 13.1. The number of piperidine rings is 1. The van der Waals surface area contributed by atoms with Crippen molar-refractivity contribution >= 4 is 29.3 Å². The molecule has 4 amide bonds. The van der Waals surface area contributed by atoms with E-state index in [0.29, 0.717) is 71.7 Å². The molecule has 12 heteroatoms. The molecule has 0 aromatic heterocycles. The van der Waals surface area contributed by atoms with Crippen molar-refractivity contribution in [2.24, 2.45) is 0 Å². The van der Waals surface area contributed by atoms with Crippen LogP contribution < -0.4 is 10.6 Å². The first-order valence-corrected chi connectivity index (χ1v) is 13.0. The Labute approximate surface area is 222 Å². The van der Waals surface area contributed by atoms with Crippen LogP contribution in [0.4, 0.5) is 5.69 Å². The molecule has 1 atom stereocenters. The summed E-state index contributed by atoms with van der Waals surface area (Å²) in [6.45, 7) is 7.51. The number of fused-ring (bicyclic) bond motifs is 1. The Morgan fingerprint density at radius 2 is 1.39 bits per heavy atom. The summed E-state index contributed by atoms with van der Waals surface area (Å²) in [6, 6.07) is 3.93. The predicted molar refractivity (Wildman–Crippen MR) is 136 cm³/mol. The van der Waals surface area contributed by atoms with Crippen molar-refractivity contribution in [2.75, 3.05) is 77.9 Å². The minimum Gasteiger partial charge on any atom is -0.382 e. The summed E-state index contributed by atoms with van der Waals surface area (Å²) < 4.78 is 27.2. The number of benzene rings is 1. The maximum Gasteiger partial charge on any atom is 0.264 e. The van der Waals surface area contributed by atoms with Crippen LogP contribution in [0.25, 0.3) is 0 Å². The average Bonchev–Trinajstić information content (AvgIpc) is 3.16. The molecule has 2 N–H and O–H groups in total. The van der Waals surface area contributed by atoms with Gasteiger partial charge >= 0.3 is 0 Å². The third-order valence-electron chi connectivity index (χ3n) is 5.87. The monoisotopic (exact) mass is 535 g/mol. The number of rotatable bonds is 19. The summed E-state index contributed by atoms with van der Waals surface area (Å²) in [4.78, 5) is 50.6. The molecule has 0 spiro atoms. The van der Waals surface area contributed by atoms with E-state index in [2.05, 4.69) is 17.6 Å². The molecule has 2 aliphatic heterocycles. The summed E-state index contributed by atoms with van der Waals surface area (Å²) in [7, 11) is 0. The first kappa shape index (κ1) is 29.7. The molecule has 3 rings (SSSR count). The molecule has 1 aromatic rings. The fourth-order valence-corrected chi connectivity index (χ4v) is 4.05. The highest BCUT2D eigenvalue weighted by Gasteiger charge is 2.45. The van der Waals surface area contributed by atoms with Gasteiger partial charge in [-0.1, -0.05) is 13.0 Å². The zero-order valence-corrected chi connectivity index (χ0v) is 21.8. The summed E-state index contributed by atoms with van der Waals surface area (Å²) >= 11 is 0. The van der Waals surface area contributed by atoms with Crippen LogP contribution >= 0.6 is 0 Å². The standard InChI is InChI=1S/C26H37N3O9/c1-2-9-34-11-13-36-15-17-38-18-16-37-14-12-35-10-8-27-20-5-3-4-19-23(20)26(33)29(25(19)32)21-6-7-22(30)28-24(21)31/h3-5,21,27H,2,6-18H2,1H3,(H,28,30,31). The Bertz CT molecular complexity index is 956. The fraction of sp³-hybridized carbons (Fsp3) is 0.615. The molecule has 1 fully saturated rings. The van der Waals surface area contributed by atoms with Gasteiger partial charge in [-0.3, -0.25) is 29.4 Å². The van der Waals surface area contributed by atoms with Crippen LogP contribution in [0.3, 0.4) is 0 Å². The maximum atomic E-state index is 13.1. The second kappa shape index (κ2) is 16.1. The van der Waals surface area contributed by atoms with E-state index in [4.69, 9.17) is 23.7 Å². The predicted octanol–water partition coefficient (Wildman–Crippen LogP) is 0.993. The van der Waals surface area contributed by atoms with Gasteiger partial charge in [-0.15, -0.1) is 0 Å². The van der Waals surface area contributed by atoms with Crippen LogP contribution in [0.15, 0.2) is 18.2 Å². The molecule has 0 saturated carbocycles. The van der Waals surface area contributed by atoms with Gasteiger partial charge in [-0.05, 0) is 25.0 Å². The lowest BCUT2D eigenvalue weighted by Gasteiger charge is -2.27. The van der Waals surface area contributed by atoms with Crippen LogP contribution in [0, 0.1) is 0 Å². The molecule has 2 heterocycles. The van der Waals surface area contributed by atoms with Crippen molar-refractivity contribution < 1.29 is 42.9 Å². The van der Waals surface area contributed by atoms with Crippen LogP contribution in [0.1, 0.15) is 46.9 Å². The summed E-state index contributed by atoms with van der Waals surface area (Å²) in [5.74, 6) is -2.13. The number of hydrogen-bond acceptors (Lipinski definition) is 10. The molecule has 38 heavy (non-hydrogen) atoms. The Morgan fingerprint density at radius 1 is 0.816 bits per heavy atom. The Balaban J connectivity index is 1.26. The second-order valence-corrected chi connectivity index (χ2v) is 8.66. The van der Waals surface area contributed by atoms with E-state index in [9.17, 15) is 19.2 Å². The Kier molecular flexibility index (Phi) is 12.6. The van der Waals surface area contributed by atoms with Crippen molar-refractivity contribution in [3.8, 4) is 0 Å². The van der Waals surface area contributed by atoms with Crippen molar-refractivity contribution in [3.63, 3.8) is 0 Å². The third kappa shape index (κ3) is 8.57. The quantitative estimate of drug-likeness (QED) is 0.195.